The van der Waals surface area contributed by atoms with Gasteiger partial charge in [0, 0.05) is 32.3 Å². The van der Waals surface area contributed by atoms with Gasteiger partial charge in [-0.15, -0.1) is 0 Å². The van der Waals surface area contributed by atoms with Crippen LogP contribution >= 0.6 is 11.6 Å². The van der Waals surface area contributed by atoms with E-state index in [0.29, 0.717) is 18.7 Å². The first kappa shape index (κ1) is 17.3. The number of anilines is 1. The van der Waals surface area contributed by atoms with E-state index in [1.807, 2.05) is 12.1 Å². The molecule has 0 aliphatic carbocycles. The van der Waals surface area contributed by atoms with E-state index in [0.717, 1.165) is 23.8 Å². The standard InChI is InChI=1S/C16H27ClN2O/c1-6-19(13(4)11-20-5)16-14(10-18-12(2)3)8-7-9-15(16)17/h7-9,12-13,18H,6,10-11H2,1-5H3. The molecule has 0 aliphatic heterocycles. The van der Waals surface area contributed by atoms with Gasteiger partial charge in [0.05, 0.1) is 17.3 Å². The molecule has 20 heavy (non-hydrogen) atoms. The first-order valence-corrected chi connectivity index (χ1v) is 7.65. The lowest BCUT2D eigenvalue weighted by Gasteiger charge is -2.32. The quantitative estimate of drug-likeness (QED) is 0.792. The lowest BCUT2D eigenvalue weighted by atomic mass is 10.1. The maximum absolute atomic E-state index is 6.45. The molecule has 4 heteroatoms. The molecule has 114 valence electrons. The van der Waals surface area contributed by atoms with Crippen LogP contribution < -0.4 is 10.2 Å². The van der Waals surface area contributed by atoms with Crippen LogP contribution in [0.2, 0.25) is 5.02 Å². The maximum Gasteiger partial charge on any atom is 0.0663 e. The molecule has 0 bridgehead atoms. The number of halogens is 1. The van der Waals surface area contributed by atoms with Gasteiger partial charge >= 0.3 is 0 Å². The normalized spacial score (nSPS) is 12.8. The largest absolute Gasteiger partial charge is 0.383 e. The highest BCUT2D eigenvalue weighted by Crippen LogP contribution is 2.31. The Morgan fingerprint density at radius 2 is 2.00 bits per heavy atom. The van der Waals surface area contributed by atoms with Crippen molar-refractivity contribution in [3.63, 3.8) is 0 Å². The van der Waals surface area contributed by atoms with Crippen molar-refractivity contribution in [3.05, 3.63) is 28.8 Å². The van der Waals surface area contributed by atoms with Crippen LogP contribution in [0, 0.1) is 0 Å². The maximum atomic E-state index is 6.45. The number of likely N-dealkylation sites (N-methyl/N-ethyl adjacent to an activating group) is 1. The highest BCUT2D eigenvalue weighted by molar-refractivity contribution is 6.33. The zero-order valence-corrected chi connectivity index (χ0v) is 14.0. The second kappa shape index (κ2) is 8.50. The number of nitrogens with one attached hydrogen (secondary N) is 1. The minimum Gasteiger partial charge on any atom is -0.383 e. The van der Waals surface area contributed by atoms with Crippen molar-refractivity contribution in [1.82, 2.24) is 5.32 Å². The lowest BCUT2D eigenvalue weighted by molar-refractivity contribution is 0.182. The zero-order valence-electron chi connectivity index (χ0n) is 13.2. The van der Waals surface area contributed by atoms with E-state index in [9.17, 15) is 0 Å². The molecule has 1 aromatic carbocycles. The molecule has 3 nitrogen and oxygen atoms in total. The predicted octanol–water partition coefficient (Wildman–Crippen LogP) is 3.70. The van der Waals surface area contributed by atoms with Crippen molar-refractivity contribution in [3.8, 4) is 0 Å². The Morgan fingerprint density at radius 3 is 2.55 bits per heavy atom. The Hall–Kier alpha value is -0.770. The summed E-state index contributed by atoms with van der Waals surface area (Å²) in [5, 5.41) is 4.27. The smallest absolute Gasteiger partial charge is 0.0663 e. The van der Waals surface area contributed by atoms with Crippen molar-refractivity contribution < 1.29 is 4.74 Å². The SMILES string of the molecule is CCN(c1c(Cl)cccc1CNC(C)C)C(C)COC. The van der Waals surface area contributed by atoms with Gasteiger partial charge in [-0.1, -0.05) is 37.6 Å². The van der Waals surface area contributed by atoms with E-state index in [2.05, 4.69) is 44.0 Å². The molecule has 0 aromatic heterocycles. The average Bonchev–Trinajstić information content (AvgIpc) is 2.39. The van der Waals surface area contributed by atoms with Crippen LogP contribution in [0.4, 0.5) is 5.69 Å². The van der Waals surface area contributed by atoms with Crippen LogP contribution in [0.3, 0.4) is 0 Å². The number of rotatable bonds is 8. The number of methoxy groups -OCH3 is 1. The van der Waals surface area contributed by atoms with Crippen molar-refractivity contribution in [2.24, 2.45) is 0 Å². The van der Waals surface area contributed by atoms with Gasteiger partial charge < -0.3 is 15.0 Å². The van der Waals surface area contributed by atoms with Gasteiger partial charge in [-0.05, 0) is 25.5 Å². The first-order chi connectivity index (χ1) is 9.51. The summed E-state index contributed by atoms with van der Waals surface area (Å²) >= 11 is 6.45. The Kier molecular flexibility index (Phi) is 7.35. The number of benzene rings is 1. The molecule has 0 spiro atoms. The van der Waals surface area contributed by atoms with Crippen molar-refractivity contribution in [2.75, 3.05) is 25.2 Å². The summed E-state index contributed by atoms with van der Waals surface area (Å²) in [6.45, 7) is 11.0. The van der Waals surface area contributed by atoms with E-state index < -0.39 is 0 Å². The van der Waals surface area contributed by atoms with E-state index in [-0.39, 0.29) is 0 Å². The van der Waals surface area contributed by atoms with Crippen LogP contribution in [0.15, 0.2) is 18.2 Å². The van der Waals surface area contributed by atoms with E-state index in [1.54, 1.807) is 7.11 Å². The third-order valence-electron chi connectivity index (χ3n) is 3.34. The Balaban J connectivity index is 3.05. The van der Waals surface area contributed by atoms with Gasteiger partial charge in [0.1, 0.15) is 0 Å². The summed E-state index contributed by atoms with van der Waals surface area (Å²) in [7, 11) is 1.73. The lowest BCUT2D eigenvalue weighted by Crippen LogP contribution is -2.37. The zero-order chi connectivity index (χ0) is 15.1. The van der Waals surface area contributed by atoms with Crippen LogP contribution in [0.25, 0.3) is 0 Å². The monoisotopic (exact) mass is 298 g/mol. The van der Waals surface area contributed by atoms with Crippen LogP contribution in [0.1, 0.15) is 33.3 Å². The van der Waals surface area contributed by atoms with Gasteiger partial charge in [0.15, 0.2) is 0 Å². The summed E-state index contributed by atoms with van der Waals surface area (Å²) in [6.07, 6.45) is 0. The molecule has 0 heterocycles. The van der Waals surface area contributed by atoms with Crippen LogP contribution in [0.5, 0.6) is 0 Å². The summed E-state index contributed by atoms with van der Waals surface area (Å²) in [6, 6.07) is 6.85. The fraction of sp³-hybridized carbons (Fsp3) is 0.625. The number of hydrogen-bond donors (Lipinski definition) is 1. The molecule has 0 aliphatic rings. The molecular formula is C16H27ClN2O. The molecule has 1 aromatic rings. The Labute approximate surface area is 128 Å². The van der Waals surface area contributed by atoms with E-state index in [4.69, 9.17) is 16.3 Å². The predicted molar refractivity (Wildman–Crippen MR) is 87.8 cm³/mol. The van der Waals surface area contributed by atoms with Crippen LogP contribution in [-0.2, 0) is 11.3 Å². The second-order valence-corrected chi connectivity index (χ2v) is 5.78. The molecule has 0 radical (unpaired) electrons. The minimum atomic E-state index is 0.294. The number of hydrogen-bond acceptors (Lipinski definition) is 3. The van der Waals surface area contributed by atoms with Crippen molar-refractivity contribution in [1.29, 1.82) is 0 Å². The van der Waals surface area contributed by atoms with Gasteiger partial charge in [-0.2, -0.15) is 0 Å². The Morgan fingerprint density at radius 1 is 1.30 bits per heavy atom. The molecule has 1 N–H and O–H groups in total. The number of nitrogens with zero attached hydrogens (tertiary/aromatic N) is 1. The molecule has 1 unspecified atom stereocenters. The summed E-state index contributed by atoms with van der Waals surface area (Å²) in [5.41, 5.74) is 2.35. The summed E-state index contributed by atoms with van der Waals surface area (Å²) in [5.74, 6) is 0. The van der Waals surface area contributed by atoms with Gasteiger partial charge in [-0.25, -0.2) is 0 Å². The fourth-order valence-electron chi connectivity index (χ4n) is 2.36. The highest BCUT2D eigenvalue weighted by Gasteiger charge is 2.18. The molecule has 0 fully saturated rings. The van der Waals surface area contributed by atoms with Gasteiger partial charge in [0.25, 0.3) is 0 Å². The summed E-state index contributed by atoms with van der Waals surface area (Å²) < 4.78 is 5.29. The van der Waals surface area contributed by atoms with Gasteiger partial charge in [-0.3, -0.25) is 0 Å². The van der Waals surface area contributed by atoms with Gasteiger partial charge in [0.2, 0.25) is 0 Å². The molecular weight excluding hydrogens is 272 g/mol. The van der Waals surface area contributed by atoms with Crippen molar-refractivity contribution in [2.45, 2.75) is 46.3 Å². The molecule has 0 saturated heterocycles. The molecule has 0 amide bonds. The second-order valence-electron chi connectivity index (χ2n) is 5.37. The molecule has 1 atom stereocenters. The topological polar surface area (TPSA) is 24.5 Å². The number of ether oxygens (including phenoxy) is 1. The first-order valence-electron chi connectivity index (χ1n) is 7.27. The highest BCUT2D eigenvalue weighted by atomic mass is 35.5. The van der Waals surface area contributed by atoms with Crippen molar-refractivity contribution >= 4 is 17.3 Å². The Bertz CT molecular complexity index is 409. The summed E-state index contributed by atoms with van der Waals surface area (Å²) in [4.78, 5) is 2.31. The minimum absolute atomic E-state index is 0.294. The number of para-hydroxylation sites is 1. The third kappa shape index (κ3) is 4.65. The van der Waals surface area contributed by atoms with E-state index >= 15 is 0 Å². The fourth-order valence-corrected chi connectivity index (χ4v) is 2.66. The molecule has 1 rings (SSSR count). The van der Waals surface area contributed by atoms with E-state index in [1.165, 1.54) is 5.56 Å². The molecule has 0 saturated carbocycles. The van der Waals surface area contributed by atoms with Crippen LogP contribution in [-0.4, -0.2) is 32.3 Å². The third-order valence-corrected chi connectivity index (χ3v) is 3.64. The average molecular weight is 299 g/mol.